The number of aliphatic imine (C=N–C) groups is 1. The standard InChI is InChI=1S/C17H18N4O5S/c1-3-11-8-15(27(25,26)14-7-5-4-6-10(14)2)13(21(23)24)9-12(11)16(22)20-17(18)19/h4-9H,3H2,1-2H3,(H4,18,19,20,22). The first-order valence-corrected chi connectivity index (χ1v) is 9.33. The Labute approximate surface area is 155 Å². The average Bonchev–Trinajstić information content (AvgIpc) is 2.59. The fourth-order valence-electron chi connectivity index (χ4n) is 2.61. The van der Waals surface area contributed by atoms with Crippen molar-refractivity contribution in [3.05, 3.63) is 63.2 Å². The molecule has 10 heteroatoms. The van der Waals surface area contributed by atoms with Crippen molar-refractivity contribution in [2.24, 2.45) is 16.5 Å². The number of nitro groups is 1. The number of carbonyl (C=O) groups excluding carboxylic acids is 1. The van der Waals surface area contributed by atoms with Gasteiger partial charge < -0.3 is 11.5 Å². The molecule has 1 amide bonds. The molecule has 0 aromatic heterocycles. The highest BCUT2D eigenvalue weighted by Gasteiger charge is 2.31. The summed E-state index contributed by atoms with van der Waals surface area (Å²) >= 11 is 0. The van der Waals surface area contributed by atoms with Gasteiger partial charge in [0.25, 0.3) is 11.6 Å². The van der Waals surface area contributed by atoms with Crippen LogP contribution in [0.4, 0.5) is 5.69 Å². The second kappa shape index (κ2) is 7.54. The number of guanidine groups is 1. The molecule has 0 radical (unpaired) electrons. The normalized spacial score (nSPS) is 11.0. The van der Waals surface area contributed by atoms with Crippen LogP contribution in [0.25, 0.3) is 0 Å². The smallest absolute Gasteiger partial charge is 0.289 e. The van der Waals surface area contributed by atoms with E-state index in [4.69, 9.17) is 11.5 Å². The molecule has 9 nitrogen and oxygen atoms in total. The molecule has 2 aromatic carbocycles. The lowest BCUT2D eigenvalue weighted by molar-refractivity contribution is -0.387. The minimum Gasteiger partial charge on any atom is -0.370 e. The fourth-order valence-corrected chi connectivity index (χ4v) is 4.31. The zero-order valence-corrected chi connectivity index (χ0v) is 15.5. The van der Waals surface area contributed by atoms with Crippen molar-refractivity contribution in [1.29, 1.82) is 0 Å². The second-order valence-corrected chi connectivity index (χ2v) is 7.59. The van der Waals surface area contributed by atoms with E-state index in [1.807, 2.05) is 0 Å². The molecule has 142 valence electrons. The van der Waals surface area contributed by atoms with Gasteiger partial charge in [0.05, 0.1) is 15.4 Å². The molecule has 0 bridgehead atoms. The van der Waals surface area contributed by atoms with Gasteiger partial charge in [0.1, 0.15) is 4.90 Å². The SMILES string of the molecule is CCc1cc(S(=O)(=O)c2ccccc2C)c([N+](=O)[O-])cc1C(=O)N=C(N)N. The van der Waals surface area contributed by atoms with Crippen molar-refractivity contribution in [1.82, 2.24) is 0 Å². The third-order valence-electron chi connectivity index (χ3n) is 3.90. The van der Waals surface area contributed by atoms with Crippen LogP contribution < -0.4 is 11.5 Å². The van der Waals surface area contributed by atoms with Crippen LogP contribution in [0.2, 0.25) is 0 Å². The number of nitrogens with two attached hydrogens (primary N) is 2. The minimum absolute atomic E-state index is 0.0431. The molecule has 27 heavy (non-hydrogen) atoms. The minimum atomic E-state index is -4.18. The van der Waals surface area contributed by atoms with E-state index < -0.39 is 37.2 Å². The van der Waals surface area contributed by atoms with Crippen LogP contribution in [0, 0.1) is 17.0 Å². The number of hydrogen-bond donors (Lipinski definition) is 2. The van der Waals surface area contributed by atoms with Gasteiger partial charge in [-0.2, -0.15) is 4.99 Å². The van der Waals surface area contributed by atoms with Gasteiger partial charge in [-0.25, -0.2) is 8.42 Å². The number of rotatable bonds is 5. The summed E-state index contributed by atoms with van der Waals surface area (Å²) in [5.74, 6) is -1.38. The number of aryl methyl sites for hydroxylation is 2. The Morgan fingerprint density at radius 3 is 2.33 bits per heavy atom. The molecule has 0 fully saturated rings. The molecule has 0 aliphatic carbocycles. The molecule has 0 unspecified atom stereocenters. The first-order valence-electron chi connectivity index (χ1n) is 7.85. The van der Waals surface area contributed by atoms with Gasteiger partial charge in [-0.3, -0.25) is 14.9 Å². The van der Waals surface area contributed by atoms with Crippen LogP contribution in [0.15, 0.2) is 51.2 Å². The number of benzene rings is 2. The monoisotopic (exact) mass is 390 g/mol. The maximum atomic E-state index is 13.1. The quantitative estimate of drug-likeness (QED) is 0.340. The molecule has 4 N–H and O–H groups in total. The molecule has 0 atom stereocenters. The highest BCUT2D eigenvalue weighted by molar-refractivity contribution is 7.91. The Morgan fingerprint density at radius 2 is 1.81 bits per heavy atom. The molecular weight excluding hydrogens is 372 g/mol. The van der Waals surface area contributed by atoms with Crippen LogP contribution in [-0.4, -0.2) is 25.2 Å². The summed E-state index contributed by atoms with van der Waals surface area (Å²) in [4.78, 5) is 25.7. The molecule has 0 aliphatic heterocycles. The van der Waals surface area contributed by atoms with E-state index in [0.29, 0.717) is 5.56 Å². The van der Waals surface area contributed by atoms with Crippen molar-refractivity contribution >= 4 is 27.4 Å². The number of hydrogen-bond acceptors (Lipinski definition) is 5. The van der Waals surface area contributed by atoms with Crippen molar-refractivity contribution in [2.45, 2.75) is 30.1 Å². The summed E-state index contributed by atoms with van der Waals surface area (Å²) < 4.78 is 26.1. The van der Waals surface area contributed by atoms with Crippen molar-refractivity contribution in [3.8, 4) is 0 Å². The fraction of sp³-hybridized carbons (Fsp3) is 0.176. The Morgan fingerprint density at radius 1 is 1.19 bits per heavy atom. The van der Waals surface area contributed by atoms with Crippen LogP contribution in [0.1, 0.15) is 28.4 Å². The van der Waals surface area contributed by atoms with Gasteiger partial charge >= 0.3 is 0 Å². The third kappa shape index (κ3) is 3.95. The topological polar surface area (TPSA) is 159 Å². The Balaban J connectivity index is 2.82. The van der Waals surface area contributed by atoms with Crippen LogP contribution in [0.3, 0.4) is 0 Å². The Bertz CT molecular complexity index is 1060. The molecule has 0 spiro atoms. The third-order valence-corrected chi connectivity index (χ3v) is 5.84. The zero-order chi connectivity index (χ0) is 20.4. The van der Waals surface area contributed by atoms with Crippen molar-refractivity contribution in [3.63, 3.8) is 0 Å². The van der Waals surface area contributed by atoms with Crippen molar-refractivity contribution < 1.29 is 18.1 Å². The lowest BCUT2D eigenvalue weighted by Crippen LogP contribution is -2.24. The van der Waals surface area contributed by atoms with Crippen LogP contribution >= 0.6 is 0 Å². The number of amides is 1. The highest BCUT2D eigenvalue weighted by atomic mass is 32.2. The predicted octanol–water partition coefficient (Wildman–Crippen LogP) is 1.71. The first-order chi connectivity index (χ1) is 12.6. The van der Waals surface area contributed by atoms with Gasteiger partial charge in [-0.1, -0.05) is 25.1 Å². The van der Waals surface area contributed by atoms with E-state index in [9.17, 15) is 23.3 Å². The molecule has 0 saturated carbocycles. The number of sulfone groups is 1. The lowest BCUT2D eigenvalue weighted by Gasteiger charge is -2.12. The van der Waals surface area contributed by atoms with Crippen molar-refractivity contribution in [2.75, 3.05) is 0 Å². The maximum absolute atomic E-state index is 13.1. The van der Waals surface area contributed by atoms with Crippen LogP contribution in [0.5, 0.6) is 0 Å². The summed E-state index contributed by atoms with van der Waals surface area (Å²) in [7, 11) is -4.18. The highest BCUT2D eigenvalue weighted by Crippen LogP contribution is 2.33. The molecule has 0 saturated heterocycles. The van der Waals surface area contributed by atoms with E-state index in [-0.39, 0.29) is 22.4 Å². The number of nitro benzene ring substituents is 1. The molecule has 2 rings (SSSR count). The Hall–Kier alpha value is -3.27. The number of nitrogens with zero attached hydrogens (tertiary/aromatic N) is 2. The second-order valence-electron chi connectivity index (χ2n) is 5.70. The first kappa shape index (κ1) is 20.0. The van der Waals surface area contributed by atoms with Gasteiger partial charge in [0.15, 0.2) is 5.96 Å². The van der Waals surface area contributed by atoms with Gasteiger partial charge in [-0.15, -0.1) is 0 Å². The van der Waals surface area contributed by atoms with Gasteiger partial charge in [0.2, 0.25) is 9.84 Å². The zero-order valence-electron chi connectivity index (χ0n) is 14.7. The van der Waals surface area contributed by atoms with Gasteiger partial charge in [-0.05, 0) is 36.6 Å². The molecule has 0 aliphatic rings. The molecule has 2 aromatic rings. The van der Waals surface area contributed by atoms with E-state index in [1.54, 1.807) is 26.0 Å². The number of carbonyl (C=O) groups is 1. The summed E-state index contributed by atoms with van der Waals surface area (Å²) in [5, 5.41) is 11.5. The molecule has 0 heterocycles. The average molecular weight is 390 g/mol. The summed E-state index contributed by atoms with van der Waals surface area (Å²) in [5.41, 5.74) is 10.3. The van der Waals surface area contributed by atoms with E-state index in [0.717, 1.165) is 12.1 Å². The van der Waals surface area contributed by atoms with E-state index in [2.05, 4.69) is 4.99 Å². The van der Waals surface area contributed by atoms with Crippen LogP contribution in [-0.2, 0) is 16.3 Å². The lowest BCUT2D eigenvalue weighted by atomic mass is 10.0. The largest absolute Gasteiger partial charge is 0.370 e. The summed E-state index contributed by atoms with van der Waals surface area (Å²) in [6.45, 7) is 3.27. The maximum Gasteiger partial charge on any atom is 0.289 e. The summed E-state index contributed by atoms with van der Waals surface area (Å²) in [6.07, 6.45) is 0.245. The van der Waals surface area contributed by atoms with E-state index >= 15 is 0 Å². The predicted molar refractivity (Wildman–Crippen MR) is 99.2 cm³/mol. The van der Waals surface area contributed by atoms with E-state index in [1.165, 1.54) is 12.1 Å². The molecular formula is C17H18N4O5S. The Kier molecular flexibility index (Phi) is 5.60. The summed E-state index contributed by atoms with van der Waals surface area (Å²) in [6, 6.07) is 8.20. The van der Waals surface area contributed by atoms with Gasteiger partial charge in [0, 0.05) is 6.07 Å².